The normalized spacial score (nSPS) is 12.4. The zero-order chi connectivity index (χ0) is 13.9. The summed E-state index contributed by atoms with van der Waals surface area (Å²) in [5.74, 6) is -0.0479. The molecular weight excluding hydrogens is 263 g/mol. The summed E-state index contributed by atoms with van der Waals surface area (Å²) in [7, 11) is 0. The Morgan fingerprint density at radius 2 is 1.94 bits per heavy atom. The van der Waals surface area contributed by atoms with Crippen molar-refractivity contribution in [3.63, 3.8) is 0 Å². The maximum atomic E-state index is 9.82. The molecule has 0 radical (unpaired) electrons. The molecule has 0 aliphatic rings. The number of carbonyl (C=O) groups is 1. The highest BCUT2D eigenvalue weighted by atomic mass is 35.5. The van der Waals surface area contributed by atoms with Crippen LogP contribution in [0.5, 0.6) is 0 Å². The number of rotatable bonds is 6. The first-order valence-electron chi connectivity index (χ1n) is 5.93. The molecule has 0 bridgehead atoms. The van der Waals surface area contributed by atoms with E-state index in [1.54, 1.807) is 6.92 Å². The van der Waals surface area contributed by atoms with Crippen molar-refractivity contribution in [1.82, 2.24) is 0 Å². The Hall–Kier alpha value is 0.01000. The highest BCUT2D eigenvalue weighted by Crippen LogP contribution is 2.32. The Morgan fingerprint density at radius 3 is 2.18 bits per heavy atom. The van der Waals surface area contributed by atoms with Crippen LogP contribution in [0.2, 0.25) is 0 Å². The third-order valence-electron chi connectivity index (χ3n) is 2.27. The van der Waals surface area contributed by atoms with Gasteiger partial charge in [-0.2, -0.15) is 0 Å². The lowest BCUT2D eigenvalue weighted by molar-refractivity contribution is -0.140. The quantitative estimate of drug-likeness (QED) is 0.600. The van der Waals surface area contributed by atoms with Gasteiger partial charge in [-0.1, -0.05) is 49.9 Å². The van der Waals surface area contributed by atoms with E-state index >= 15 is 0 Å². The average molecular weight is 287 g/mol. The molecule has 0 amide bonds. The second-order valence-corrected chi connectivity index (χ2v) is 5.43. The Morgan fingerprint density at radius 1 is 1.41 bits per heavy atom. The molecule has 0 spiro atoms. The summed E-state index contributed by atoms with van der Waals surface area (Å²) in [6.45, 7) is 7.57. The number of alkyl halides is 2. The van der Waals surface area contributed by atoms with Gasteiger partial charge in [0.1, 0.15) is 4.33 Å². The maximum absolute atomic E-state index is 9.82. The number of aliphatic hydroxyl groups excluding tert-OH is 1. The van der Waals surface area contributed by atoms with Gasteiger partial charge in [0.2, 0.25) is 0 Å². The fourth-order valence-corrected chi connectivity index (χ4v) is 1.30. The van der Waals surface area contributed by atoms with Crippen molar-refractivity contribution in [2.75, 3.05) is 13.2 Å². The van der Waals surface area contributed by atoms with E-state index in [0.717, 1.165) is 19.3 Å². The molecule has 0 saturated heterocycles. The van der Waals surface area contributed by atoms with Crippen LogP contribution in [0.4, 0.5) is 0 Å². The molecule has 5 heteroatoms. The molecule has 0 aliphatic heterocycles. The van der Waals surface area contributed by atoms with E-state index in [9.17, 15) is 4.79 Å². The molecule has 0 aromatic heterocycles. The summed E-state index contributed by atoms with van der Waals surface area (Å²) in [4.78, 5) is 9.82. The largest absolute Gasteiger partial charge is 0.466 e. The van der Waals surface area contributed by atoms with Crippen LogP contribution in [0.25, 0.3) is 0 Å². The SMILES string of the molecule is CCCCC(C)C(Cl)(Cl)CO.CCOC(C)=O. The minimum Gasteiger partial charge on any atom is -0.466 e. The fraction of sp³-hybridized carbons (Fsp3) is 0.917. The number of unbranched alkanes of at least 4 members (excludes halogenated alkanes) is 1. The van der Waals surface area contributed by atoms with Gasteiger partial charge in [0.05, 0.1) is 13.2 Å². The van der Waals surface area contributed by atoms with E-state index in [2.05, 4.69) is 11.7 Å². The summed E-state index contributed by atoms with van der Waals surface area (Å²) >= 11 is 11.6. The van der Waals surface area contributed by atoms with Crippen molar-refractivity contribution >= 4 is 29.2 Å². The van der Waals surface area contributed by atoms with Crippen LogP contribution in [0.1, 0.15) is 47.0 Å². The van der Waals surface area contributed by atoms with Crippen LogP contribution in [0.3, 0.4) is 0 Å². The molecule has 17 heavy (non-hydrogen) atoms. The topological polar surface area (TPSA) is 46.5 Å². The highest BCUT2D eigenvalue weighted by Gasteiger charge is 2.29. The van der Waals surface area contributed by atoms with E-state index in [1.807, 2.05) is 6.92 Å². The molecule has 0 aromatic carbocycles. The Kier molecular flexibility index (Phi) is 12.7. The Labute approximate surface area is 114 Å². The third kappa shape index (κ3) is 12.3. The molecule has 0 fully saturated rings. The van der Waals surface area contributed by atoms with E-state index in [0.29, 0.717) is 6.61 Å². The molecule has 0 aliphatic carbocycles. The van der Waals surface area contributed by atoms with Crippen molar-refractivity contribution in [3.8, 4) is 0 Å². The number of hydrogen-bond acceptors (Lipinski definition) is 3. The van der Waals surface area contributed by atoms with Crippen molar-refractivity contribution in [2.45, 2.75) is 51.3 Å². The van der Waals surface area contributed by atoms with E-state index in [1.165, 1.54) is 6.92 Å². The monoisotopic (exact) mass is 286 g/mol. The molecular formula is C12H24Cl2O3. The maximum Gasteiger partial charge on any atom is 0.302 e. The third-order valence-corrected chi connectivity index (χ3v) is 3.25. The van der Waals surface area contributed by atoms with Crippen LogP contribution < -0.4 is 0 Å². The first-order valence-corrected chi connectivity index (χ1v) is 6.69. The van der Waals surface area contributed by atoms with Gasteiger partial charge < -0.3 is 9.84 Å². The molecule has 0 aromatic rings. The van der Waals surface area contributed by atoms with Gasteiger partial charge in [-0.25, -0.2) is 0 Å². The molecule has 3 nitrogen and oxygen atoms in total. The Bertz CT molecular complexity index is 196. The summed E-state index contributed by atoms with van der Waals surface area (Å²) < 4.78 is 3.45. The number of aliphatic hydroxyl groups is 1. The lowest BCUT2D eigenvalue weighted by Crippen LogP contribution is -2.27. The van der Waals surface area contributed by atoms with E-state index in [-0.39, 0.29) is 18.5 Å². The Balaban J connectivity index is 0. The molecule has 1 unspecified atom stereocenters. The smallest absolute Gasteiger partial charge is 0.302 e. The number of carbonyl (C=O) groups excluding carboxylic acids is 1. The second kappa shape index (κ2) is 11.1. The lowest BCUT2D eigenvalue weighted by Gasteiger charge is -2.24. The van der Waals surface area contributed by atoms with E-state index < -0.39 is 4.33 Å². The zero-order valence-electron chi connectivity index (χ0n) is 11.1. The second-order valence-electron chi connectivity index (χ2n) is 3.89. The van der Waals surface area contributed by atoms with Gasteiger partial charge >= 0.3 is 5.97 Å². The molecule has 104 valence electrons. The minimum atomic E-state index is -0.949. The summed E-state index contributed by atoms with van der Waals surface area (Å²) in [5, 5.41) is 8.80. The van der Waals surface area contributed by atoms with Crippen molar-refractivity contribution in [3.05, 3.63) is 0 Å². The molecule has 1 N–H and O–H groups in total. The summed E-state index contributed by atoms with van der Waals surface area (Å²) in [5.41, 5.74) is 0. The molecule has 0 rings (SSSR count). The number of hydrogen-bond donors (Lipinski definition) is 1. The van der Waals surface area contributed by atoms with Gasteiger partial charge in [-0.05, 0) is 19.3 Å². The zero-order valence-corrected chi connectivity index (χ0v) is 12.6. The summed E-state index contributed by atoms with van der Waals surface area (Å²) in [6, 6.07) is 0. The van der Waals surface area contributed by atoms with Gasteiger partial charge in [0.25, 0.3) is 0 Å². The van der Waals surface area contributed by atoms with Crippen LogP contribution >= 0.6 is 23.2 Å². The van der Waals surface area contributed by atoms with E-state index in [4.69, 9.17) is 28.3 Å². The average Bonchev–Trinajstić information content (AvgIpc) is 2.26. The predicted molar refractivity (Wildman–Crippen MR) is 72.5 cm³/mol. The van der Waals surface area contributed by atoms with Gasteiger partial charge in [-0.15, -0.1) is 0 Å². The van der Waals surface area contributed by atoms with Crippen LogP contribution in [-0.4, -0.2) is 28.6 Å². The fourth-order valence-electron chi connectivity index (χ4n) is 1.08. The molecule has 0 heterocycles. The summed E-state index contributed by atoms with van der Waals surface area (Å²) in [6.07, 6.45) is 3.23. The molecule has 0 saturated carbocycles. The molecule has 1 atom stereocenters. The van der Waals surface area contributed by atoms with Gasteiger partial charge in [-0.3, -0.25) is 4.79 Å². The predicted octanol–water partition coefficient (Wildman–Crippen LogP) is 3.55. The van der Waals surface area contributed by atoms with Crippen LogP contribution in [0, 0.1) is 5.92 Å². The number of esters is 1. The van der Waals surface area contributed by atoms with Crippen LogP contribution in [0.15, 0.2) is 0 Å². The van der Waals surface area contributed by atoms with Gasteiger partial charge in [0, 0.05) is 6.92 Å². The van der Waals surface area contributed by atoms with Crippen molar-refractivity contribution < 1.29 is 14.6 Å². The standard InChI is InChI=1S/C8H16Cl2O.C4H8O2/c1-3-4-5-7(2)8(9,10)6-11;1-3-6-4(2)5/h7,11H,3-6H2,1-2H3;3H2,1-2H3. The van der Waals surface area contributed by atoms with Crippen LogP contribution in [-0.2, 0) is 9.53 Å². The first kappa shape index (κ1) is 19.4. The van der Waals surface area contributed by atoms with Crippen molar-refractivity contribution in [1.29, 1.82) is 0 Å². The van der Waals surface area contributed by atoms with Crippen molar-refractivity contribution in [2.24, 2.45) is 5.92 Å². The minimum absolute atomic E-state index is 0.163. The lowest BCUT2D eigenvalue weighted by atomic mass is 10.0. The first-order chi connectivity index (χ1) is 7.81. The highest BCUT2D eigenvalue weighted by molar-refractivity contribution is 6.48. The number of halogens is 2. The number of ether oxygens (including phenoxy) is 1. The van der Waals surface area contributed by atoms with Gasteiger partial charge in [0.15, 0.2) is 0 Å².